The van der Waals surface area contributed by atoms with Crippen LogP contribution in [0.4, 0.5) is 0 Å². The fourth-order valence-corrected chi connectivity index (χ4v) is 1.44. The highest BCUT2D eigenvalue weighted by molar-refractivity contribution is 5.37. The second-order valence-corrected chi connectivity index (χ2v) is 3.11. The van der Waals surface area contributed by atoms with Gasteiger partial charge < -0.3 is 15.6 Å². The van der Waals surface area contributed by atoms with E-state index in [1.165, 1.54) is 0 Å². The summed E-state index contributed by atoms with van der Waals surface area (Å²) in [5.74, 6) is 0.665. The molecule has 0 aliphatic rings. The highest BCUT2D eigenvalue weighted by atomic mass is 16.5. The number of hydrogen-bond donors (Lipinski definition) is 2. The van der Waals surface area contributed by atoms with E-state index in [2.05, 4.69) is 4.98 Å². The number of aliphatic hydroxyl groups excluding tert-OH is 1. The molecular formula is C10H16N2O2. The lowest BCUT2D eigenvalue weighted by molar-refractivity contribution is 0.165. The van der Waals surface area contributed by atoms with Gasteiger partial charge in [0.25, 0.3) is 0 Å². The Hall–Kier alpha value is -1.13. The highest BCUT2D eigenvalue weighted by Crippen LogP contribution is 2.28. The SMILES string of the molecule is COc1ccnc(C)c1C(O)CCN. The summed E-state index contributed by atoms with van der Waals surface area (Å²) in [6, 6.07) is 1.74. The summed E-state index contributed by atoms with van der Waals surface area (Å²) in [6.45, 7) is 2.29. The number of ether oxygens (including phenoxy) is 1. The number of nitrogens with two attached hydrogens (primary N) is 1. The first-order chi connectivity index (χ1) is 6.70. The minimum Gasteiger partial charge on any atom is -0.496 e. The number of methoxy groups -OCH3 is 1. The van der Waals surface area contributed by atoms with E-state index in [0.29, 0.717) is 18.7 Å². The normalized spacial score (nSPS) is 12.6. The minimum absolute atomic E-state index is 0.443. The van der Waals surface area contributed by atoms with Crippen molar-refractivity contribution in [2.45, 2.75) is 19.4 Å². The average Bonchev–Trinajstić information content (AvgIpc) is 2.17. The number of pyridine rings is 1. The van der Waals surface area contributed by atoms with Gasteiger partial charge >= 0.3 is 0 Å². The van der Waals surface area contributed by atoms with Crippen molar-refractivity contribution in [3.05, 3.63) is 23.5 Å². The van der Waals surface area contributed by atoms with E-state index < -0.39 is 6.10 Å². The maximum absolute atomic E-state index is 9.81. The van der Waals surface area contributed by atoms with Crippen LogP contribution in [0.1, 0.15) is 23.8 Å². The monoisotopic (exact) mass is 196 g/mol. The number of hydrogen-bond acceptors (Lipinski definition) is 4. The lowest BCUT2D eigenvalue weighted by Crippen LogP contribution is -2.10. The Bertz CT molecular complexity index is 302. The van der Waals surface area contributed by atoms with E-state index in [1.807, 2.05) is 6.92 Å². The predicted octanol–water partition coefficient (Wildman–Crippen LogP) is 0.781. The van der Waals surface area contributed by atoms with E-state index in [4.69, 9.17) is 10.5 Å². The Morgan fingerprint density at radius 1 is 1.64 bits per heavy atom. The van der Waals surface area contributed by atoms with Crippen LogP contribution in [0.5, 0.6) is 5.75 Å². The van der Waals surface area contributed by atoms with Gasteiger partial charge in [-0.25, -0.2) is 0 Å². The number of aryl methyl sites for hydroxylation is 1. The third kappa shape index (κ3) is 2.21. The van der Waals surface area contributed by atoms with Gasteiger partial charge in [0.05, 0.1) is 13.2 Å². The van der Waals surface area contributed by atoms with E-state index in [0.717, 1.165) is 11.3 Å². The molecule has 1 atom stereocenters. The number of rotatable bonds is 4. The zero-order valence-corrected chi connectivity index (χ0v) is 8.53. The predicted molar refractivity (Wildman–Crippen MR) is 54.2 cm³/mol. The lowest BCUT2D eigenvalue weighted by atomic mass is 10.0. The molecule has 0 saturated carbocycles. The molecule has 0 spiro atoms. The summed E-state index contributed by atoms with van der Waals surface area (Å²) < 4.78 is 5.15. The molecule has 1 aromatic heterocycles. The number of aromatic nitrogens is 1. The molecule has 1 rings (SSSR count). The molecule has 1 unspecified atom stereocenters. The molecule has 0 amide bonds. The zero-order valence-electron chi connectivity index (χ0n) is 8.53. The van der Waals surface area contributed by atoms with Crippen molar-refractivity contribution < 1.29 is 9.84 Å². The van der Waals surface area contributed by atoms with Gasteiger partial charge in [-0.1, -0.05) is 0 Å². The van der Waals surface area contributed by atoms with E-state index in [-0.39, 0.29) is 0 Å². The van der Waals surface area contributed by atoms with Crippen LogP contribution >= 0.6 is 0 Å². The van der Waals surface area contributed by atoms with Crippen LogP contribution < -0.4 is 10.5 Å². The molecule has 0 aromatic carbocycles. The summed E-state index contributed by atoms with van der Waals surface area (Å²) in [4.78, 5) is 4.11. The van der Waals surface area contributed by atoms with Gasteiger partial charge in [-0.2, -0.15) is 0 Å². The fraction of sp³-hybridized carbons (Fsp3) is 0.500. The Balaban J connectivity index is 3.03. The molecule has 0 bridgehead atoms. The molecule has 78 valence electrons. The smallest absolute Gasteiger partial charge is 0.128 e. The third-order valence-electron chi connectivity index (χ3n) is 2.14. The summed E-state index contributed by atoms with van der Waals surface area (Å²) in [6.07, 6.45) is 1.58. The molecular weight excluding hydrogens is 180 g/mol. The van der Waals surface area contributed by atoms with Crippen LogP contribution in [0.15, 0.2) is 12.3 Å². The molecule has 0 saturated heterocycles. The summed E-state index contributed by atoms with van der Waals surface area (Å²) >= 11 is 0. The number of nitrogens with zero attached hydrogens (tertiary/aromatic N) is 1. The van der Waals surface area contributed by atoms with Crippen LogP contribution in [-0.2, 0) is 0 Å². The average molecular weight is 196 g/mol. The van der Waals surface area contributed by atoms with E-state index >= 15 is 0 Å². The van der Waals surface area contributed by atoms with Gasteiger partial charge in [0.2, 0.25) is 0 Å². The van der Waals surface area contributed by atoms with Crippen LogP contribution in [0.2, 0.25) is 0 Å². The van der Waals surface area contributed by atoms with Crippen LogP contribution in [0.3, 0.4) is 0 Å². The van der Waals surface area contributed by atoms with Gasteiger partial charge in [0.1, 0.15) is 5.75 Å². The molecule has 0 fully saturated rings. The van der Waals surface area contributed by atoms with Gasteiger partial charge in [-0.05, 0) is 26.0 Å². The fourth-order valence-electron chi connectivity index (χ4n) is 1.44. The maximum atomic E-state index is 9.81. The first-order valence-electron chi connectivity index (χ1n) is 4.58. The van der Waals surface area contributed by atoms with Crippen molar-refractivity contribution >= 4 is 0 Å². The van der Waals surface area contributed by atoms with Gasteiger partial charge in [-0.15, -0.1) is 0 Å². The Labute approximate surface area is 83.7 Å². The van der Waals surface area contributed by atoms with Crippen LogP contribution in [0, 0.1) is 6.92 Å². The standard InChI is InChI=1S/C10H16N2O2/c1-7-10(8(13)3-5-11)9(14-2)4-6-12-7/h4,6,8,13H,3,5,11H2,1-2H3. The molecule has 4 heteroatoms. The van der Waals surface area contributed by atoms with Crippen LogP contribution in [0.25, 0.3) is 0 Å². The zero-order chi connectivity index (χ0) is 10.6. The summed E-state index contributed by atoms with van der Waals surface area (Å²) in [5.41, 5.74) is 6.91. The Morgan fingerprint density at radius 2 is 2.36 bits per heavy atom. The number of aliphatic hydroxyl groups is 1. The van der Waals surface area contributed by atoms with Crippen molar-refractivity contribution in [1.82, 2.24) is 4.98 Å². The van der Waals surface area contributed by atoms with Crippen molar-refractivity contribution in [3.8, 4) is 5.75 Å². The highest BCUT2D eigenvalue weighted by Gasteiger charge is 2.15. The van der Waals surface area contributed by atoms with Crippen molar-refractivity contribution in [3.63, 3.8) is 0 Å². The van der Waals surface area contributed by atoms with Gasteiger partial charge in [0.15, 0.2) is 0 Å². The Morgan fingerprint density at radius 3 is 2.93 bits per heavy atom. The summed E-state index contributed by atoms with van der Waals surface area (Å²) in [7, 11) is 1.58. The molecule has 3 N–H and O–H groups in total. The molecule has 1 aromatic rings. The lowest BCUT2D eigenvalue weighted by Gasteiger charge is -2.15. The topological polar surface area (TPSA) is 68.4 Å². The third-order valence-corrected chi connectivity index (χ3v) is 2.14. The first-order valence-corrected chi connectivity index (χ1v) is 4.58. The second kappa shape index (κ2) is 4.93. The van der Waals surface area contributed by atoms with Crippen molar-refractivity contribution in [2.75, 3.05) is 13.7 Å². The van der Waals surface area contributed by atoms with Gasteiger partial charge in [-0.3, -0.25) is 4.98 Å². The van der Waals surface area contributed by atoms with Crippen molar-refractivity contribution in [1.29, 1.82) is 0 Å². The molecule has 1 heterocycles. The largest absolute Gasteiger partial charge is 0.496 e. The molecule has 4 nitrogen and oxygen atoms in total. The van der Waals surface area contributed by atoms with E-state index in [9.17, 15) is 5.11 Å². The molecule has 0 radical (unpaired) electrons. The maximum Gasteiger partial charge on any atom is 0.128 e. The van der Waals surface area contributed by atoms with Crippen LogP contribution in [-0.4, -0.2) is 23.7 Å². The second-order valence-electron chi connectivity index (χ2n) is 3.11. The Kier molecular flexibility index (Phi) is 3.85. The van der Waals surface area contributed by atoms with E-state index in [1.54, 1.807) is 19.4 Å². The van der Waals surface area contributed by atoms with Crippen molar-refractivity contribution in [2.24, 2.45) is 5.73 Å². The minimum atomic E-state index is -0.594. The summed E-state index contributed by atoms with van der Waals surface area (Å²) in [5, 5.41) is 9.81. The molecule has 0 aliphatic heterocycles. The molecule has 0 aliphatic carbocycles. The van der Waals surface area contributed by atoms with Gasteiger partial charge in [0, 0.05) is 17.5 Å². The molecule has 14 heavy (non-hydrogen) atoms. The quantitative estimate of drug-likeness (QED) is 0.746. The first kappa shape index (κ1) is 10.9.